The van der Waals surface area contributed by atoms with Crippen LogP contribution in [0.15, 0.2) is 46.9 Å². The zero-order valence-corrected chi connectivity index (χ0v) is 17.6. The molecule has 4 nitrogen and oxygen atoms in total. The van der Waals surface area contributed by atoms with Gasteiger partial charge in [-0.05, 0) is 61.2 Å². The highest BCUT2D eigenvalue weighted by molar-refractivity contribution is 9.10. The number of amides is 1. The Hall–Kier alpha value is -1.76. The van der Waals surface area contributed by atoms with Crippen molar-refractivity contribution in [3.8, 4) is 0 Å². The Morgan fingerprint density at radius 2 is 2.11 bits per heavy atom. The number of carbonyl (C=O) groups excluding carboxylic acids is 1. The van der Waals surface area contributed by atoms with Crippen molar-refractivity contribution in [2.45, 2.75) is 32.3 Å². The minimum atomic E-state index is -0.0345. The number of anilines is 1. The highest BCUT2D eigenvalue weighted by Crippen LogP contribution is 2.31. The molecule has 1 saturated heterocycles. The Bertz CT molecular complexity index is 948. The summed E-state index contributed by atoms with van der Waals surface area (Å²) in [4.78, 5) is 19.8. The van der Waals surface area contributed by atoms with Crippen LogP contribution in [0.25, 0.3) is 10.2 Å². The minimum Gasteiger partial charge on any atom is -0.376 e. The zero-order chi connectivity index (χ0) is 18.8. The average molecular weight is 445 g/mol. The van der Waals surface area contributed by atoms with E-state index in [0.717, 1.165) is 45.7 Å². The summed E-state index contributed by atoms with van der Waals surface area (Å²) < 4.78 is 7.87. The van der Waals surface area contributed by atoms with E-state index in [1.165, 1.54) is 5.56 Å². The second-order valence-electron chi connectivity index (χ2n) is 6.71. The van der Waals surface area contributed by atoms with Gasteiger partial charge in [0.25, 0.3) is 5.91 Å². The molecule has 6 heteroatoms. The lowest BCUT2D eigenvalue weighted by Gasteiger charge is -2.23. The van der Waals surface area contributed by atoms with Gasteiger partial charge < -0.3 is 4.74 Å². The first-order valence-corrected chi connectivity index (χ1v) is 10.8. The molecule has 1 unspecified atom stereocenters. The third kappa shape index (κ3) is 4.08. The lowest BCUT2D eigenvalue weighted by molar-refractivity contribution is 0.0917. The predicted octanol–water partition coefficient (Wildman–Crippen LogP) is 5.45. The SMILES string of the molecule is CCc1ccc2nc(N(CC3CCCO3)C(=O)c3ccc(Br)cc3)sc2c1. The molecule has 3 aromatic rings. The van der Waals surface area contributed by atoms with Gasteiger partial charge >= 0.3 is 0 Å². The van der Waals surface area contributed by atoms with Crippen LogP contribution in [0.2, 0.25) is 0 Å². The highest BCUT2D eigenvalue weighted by Gasteiger charge is 2.27. The van der Waals surface area contributed by atoms with Crippen LogP contribution in [-0.2, 0) is 11.2 Å². The number of hydrogen-bond acceptors (Lipinski definition) is 4. The number of thiazole rings is 1. The third-order valence-electron chi connectivity index (χ3n) is 4.83. The number of nitrogens with zero attached hydrogens (tertiary/aromatic N) is 2. The van der Waals surface area contributed by atoms with Gasteiger partial charge in [0.1, 0.15) is 0 Å². The summed E-state index contributed by atoms with van der Waals surface area (Å²) in [5.74, 6) is -0.0345. The maximum atomic E-state index is 13.3. The van der Waals surface area contributed by atoms with Gasteiger partial charge in [0.15, 0.2) is 5.13 Å². The molecule has 0 radical (unpaired) electrons. The van der Waals surface area contributed by atoms with E-state index in [1.54, 1.807) is 16.2 Å². The van der Waals surface area contributed by atoms with Crippen LogP contribution in [0.5, 0.6) is 0 Å². The van der Waals surface area contributed by atoms with E-state index in [1.807, 2.05) is 30.3 Å². The number of ether oxygens (including phenoxy) is 1. The van der Waals surface area contributed by atoms with Gasteiger partial charge in [0, 0.05) is 16.6 Å². The number of fused-ring (bicyclic) bond motifs is 1. The molecular weight excluding hydrogens is 424 g/mol. The Balaban J connectivity index is 1.70. The monoisotopic (exact) mass is 444 g/mol. The molecule has 0 aliphatic carbocycles. The molecule has 140 valence electrons. The molecule has 1 atom stereocenters. The quantitative estimate of drug-likeness (QED) is 0.525. The van der Waals surface area contributed by atoms with Gasteiger partial charge in [-0.25, -0.2) is 4.98 Å². The highest BCUT2D eigenvalue weighted by atomic mass is 79.9. The average Bonchev–Trinajstić information content (AvgIpc) is 3.34. The summed E-state index contributed by atoms with van der Waals surface area (Å²) in [5, 5.41) is 0.738. The standard InChI is InChI=1S/C21H21BrN2O2S/c1-2-14-5-10-18-19(12-14)27-21(23-18)24(13-17-4-3-11-26-17)20(25)15-6-8-16(22)9-7-15/h5-10,12,17H,2-4,11,13H2,1H3. The predicted molar refractivity (Wildman–Crippen MR) is 114 cm³/mol. The summed E-state index contributed by atoms with van der Waals surface area (Å²) in [6.07, 6.45) is 3.09. The van der Waals surface area contributed by atoms with Crippen LogP contribution in [0.1, 0.15) is 35.7 Å². The number of halogens is 1. The molecule has 1 fully saturated rings. The number of benzene rings is 2. The second kappa shape index (κ2) is 8.09. The van der Waals surface area contributed by atoms with Crippen LogP contribution in [0.3, 0.4) is 0 Å². The van der Waals surface area contributed by atoms with E-state index in [9.17, 15) is 4.79 Å². The Labute approximate surface area is 171 Å². The van der Waals surface area contributed by atoms with Crippen molar-refractivity contribution < 1.29 is 9.53 Å². The number of rotatable bonds is 5. The van der Waals surface area contributed by atoms with Crippen molar-refractivity contribution in [2.24, 2.45) is 0 Å². The normalized spacial score (nSPS) is 16.7. The summed E-state index contributed by atoms with van der Waals surface area (Å²) in [5.41, 5.74) is 2.88. The number of aryl methyl sites for hydroxylation is 1. The van der Waals surface area contributed by atoms with E-state index in [0.29, 0.717) is 12.1 Å². The summed E-state index contributed by atoms with van der Waals surface area (Å²) in [7, 11) is 0. The van der Waals surface area contributed by atoms with Gasteiger partial charge in [-0.2, -0.15) is 0 Å². The fourth-order valence-corrected chi connectivity index (χ4v) is 4.58. The van der Waals surface area contributed by atoms with Crippen LogP contribution in [0.4, 0.5) is 5.13 Å². The lowest BCUT2D eigenvalue weighted by Crippen LogP contribution is -2.37. The lowest BCUT2D eigenvalue weighted by atomic mass is 10.1. The number of hydrogen-bond donors (Lipinski definition) is 0. The number of aromatic nitrogens is 1. The Morgan fingerprint density at radius 3 is 2.81 bits per heavy atom. The molecule has 0 spiro atoms. The van der Waals surface area contributed by atoms with Crippen LogP contribution < -0.4 is 4.90 Å². The third-order valence-corrected chi connectivity index (χ3v) is 6.40. The molecule has 0 N–H and O–H groups in total. The second-order valence-corrected chi connectivity index (χ2v) is 8.63. The zero-order valence-electron chi connectivity index (χ0n) is 15.2. The Morgan fingerprint density at radius 1 is 1.30 bits per heavy atom. The minimum absolute atomic E-state index is 0.0345. The molecule has 0 saturated carbocycles. The summed E-state index contributed by atoms with van der Waals surface area (Å²) in [6, 6.07) is 13.8. The van der Waals surface area contributed by atoms with Crippen LogP contribution >= 0.6 is 27.3 Å². The molecule has 1 aliphatic rings. The first-order chi connectivity index (χ1) is 13.1. The van der Waals surface area contributed by atoms with Crippen molar-refractivity contribution in [3.05, 3.63) is 58.1 Å². The molecule has 27 heavy (non-hydrogen) atoms. The first kappa shape index (κ1) is 18.6. The topological polar surface area (TPSA) is 42.4 Å². The van der Waals surface area contributed by atoms with Gasteiger partial charge in [0.05, 0.1) is 22.9 Å². The van der Waals surface area contributed by atoms with Crippen molar-refractivity contribution in [2.75, 3.05) is 18.1 Å². The molecule has 2 heterocycles. The van der Waals surface area contributed by atoms with Crippen molar-refractivity contribution in [3.63, 3.8) is 0 Å². The molecule has 2 aromatic carbocycles. The van der Waals surface area contributed by atoms with Gasteiger partial charge in [0.2, 0.25) is 0 Å². The fourth-order valence-electron chi connectivity index (χ4n) is 3.28. The Kier molecular flexibility index (Phi) is 5.57. The number of carbonyl (C=O) groups is 1. The van der Waals surface area contributed by atoms with Crippen LogP contribution in [-0.4, -0.2) is 30.1 Å². The maximum absolute atomic E-state index is 13.3. The van der Waals surface area contributed by atoms with E-state index in [-0.39, 0.29) is 12.0 Å². The molecule has 1 aromatic heterocycles. The van der Waals surface area contributed by atoms with Crippen LogP contribution in [0, 0.1) is 0 Å². The fraction of sp³-hybridized carbons (Fsp3) is 0.333. The molecule has 1 aliphatic heterocycles. The largest absolute Gasteiger partial charge is 0.376 e. The molecule has 1 amide bonds. The van der Waals surface area contributed by atoms with Crippen molar-refractivity contribution in [1.29, 1.82) is 0 Å². The van der Waals surface area contributed by atoms with E-state index in [2.05, 4.69) is 35.0 Å². The van der Waals surface area contributed by atoms with Gasteiger partial charge in [-0.15, -0.1) is 0 Å². The van der Waals surface area contributed by atoms with E-state index in [4.69, 9.17) is 9.72 Å². The van der Waals surface area contributed by atoms with E-state index < -0.39 is 0 Å². The molecular formula is C21H21BrN2O2S. The summed E-state index contributed by atoms with van der Waals surface area (Å²) >= 11 is 5.00. The first-order valence-electron chi connectivity index (χ1n) is 9.22. The molecule has 0 bridgehead atoms. The summed E-state index contributed by atoms with van der Waals surface area (Å²) in [6.45, 7) is 3.45. The van der Waals surface area contributed by atoms with E-state index >= 15 is 0 Å². The van der Waals surface area contributed by atoms with Crippen molar-refractivity contribution >= 4 is 48.5 Å². The van der Waals surface area contributed by atoms with Crippen molar-refractivity contribution in [1.82, 2.24) is 4.98 Å². The van der Waals surface area contributed by atoms with Gasteiger partial charge in [-0.3, -0.25) is 9.69 Å². The smallest absolute Gasteiger partial charge is 0.260 e. The van der Waals surface area contributed by atoms with Gasteiger partial charge in [-0.1, -0.05) is 40.3 Å². The molecule has 4 rings (SSSR count). The maximum Gasteiger partial charge on any atom is 0.260 e.